The van der Waals surface area contributed by atoms with Crippen LogP contribution in [0.1, 0.15) is 10.6 Å². The van der Waals surface area contributed by atoms with Gasteiger partial charge in [0.2, 0.25) is 5.13 Å². The van der Waals surface area contributed by atoms with E-state index in [2.05, 4.69) is 20.8 Å². The number of hydrogen-bond donors (Lipinski definition) is 2. The van der Waals surface area contributed by atoms with E-state index < -0.39 is 0 Å². The largest absolute Gasteiger partial charge is 0.325 e. The van der Waals surface area contributed by atoms with Crippen LogP contribution in [0, 0.1) is 0 Å². The van der Waals surface area contributed by atoms with Crippen molar-refractivity contribution in [2.75, 3.05) is 10.6 Å². The summed E-state index contributed by atoms with van der Waals surface area (Å²) in [5.41, 5.74) is 1.81. The van der Waals surface area contributed by atoms with E-state index in [0.29, 0.717) is 22.3 Å². The molecule has 0 fully saturated rings. The lowest BCUT2D eigenvalue weighted by Crippen LogP contribution is -2.19. The average Bonchev–Trinajstić information content (AvgIpc) is 2.97. The van der Waals surface area contributed by atoms with Crippen LogP contribution in [0.3, 0.4) is 0 Å². The van der Waals surface area contributed by atoms with Gasteiger partial charge in [-0.1, -0.05) is 53.3 Å². The molecule has 0 spiro atoms. The third kappa shape index (κ3) is 4.51. The van der Waals surface area contributed by atoms with Crippen LogP contribution < -0.4 is 10.6 Å². The topological polar surface area (TPSA) is 66.9 Å². The van der Waals surface area contributed by atoms with Gasteiger partial charge in [-0.25, -0.2) is 4.79 Å². The first-order chi connectivity index (χ1) is 11.2. The van der Waals surface area contributed by atoms with E-state index in [1.807, 2.05) is 30.3 Å². The summed E-state index contributed by atoms with van der Waals surface area (Å²) in [6.45, 7) is 0. The fourth-order valence-electron chi connectivity index (χ4n) is 1.94. The van der Waals surface area contributed by atoms with E-state index in [1.165, 1.54) is 11.3 Å². The highest BCUT2D eigenvalue weighted by Gasteiger charge is 2.09. The zero-order chi connectivity index (χ0) is 16.1. The number of halogens is 1. The van der Waals surface area contributed by atoms with Gasteiger partial charge in [-0.3, -0.25) is 5.32 Å². The predicted octanol–water partition coefficient (Wildman–Crippen LogP) is 4.43. The Morgan fingerprint density at radius 1 is 1.00 bits per heavy atom. The lowest BCUT2D eigenvalue weighted by atomic mass is 10.2. The molecule has 1 heterocycles. The molecule has 2 amide bonds. The predicted molar refractivity (Wildman–Crippen MR) is 93.3 cm³/mol. The maximum absolute atomic E-state index is 11.9. The van der Waals surface area contributed by atoms with Gasteiger partial charge in [0.15, 0.2) is 0 Å². The zero-order valence-corrected chi connectivity index (χ0v) is 13.6. The Bertz CT molecular complexity index is 789. The van der Waals surface area contributed by atoms with Crippen molar-refractivity contribution in [3.05, 3.63) is 70.2 Å². The minimum Gasteiger partial charge on any atom is -0.308 e. The van der Waals surface area contributed by atoms with Crippen molar-refractivity contribution in [1.29, 1.82) is 0 Å². The van der Waals surface area contributed by atoms with Gasteiger partial charge >= 0.3 is 6.03 Å². The number of carbonyl (C=O) groups excluding carboxylic acids is 1. The van der Waals surface area contributed by atoms with Crippen molar-refractivity contribution in [2.45, 2.75) is 6.42 Å². The summed E-state index contributed by atoms with van der Waals surface area (Å²) in [6, 6.07) is 16.5. The Morgan fingerprint density at radius 2 is 1.74 bits per heavy atom. The maximum atomic E-state index is 11.9. The van der Waals surface area contributed by atoms with Crippen molar-refractivity contribution in [3.8, 4) is 0 Å². The molecule has 0 saturated heterocycles. The number of benzene rings is 2. The number of amides is 2. The lowest BCUT2D eigenvalue weighted by molar-refractivity contribution is 0.262. The summed E-state index contributed by atoms with van der Waals surface area (Å²) in [4.78, 5) is 11.9. The molecule has 23 heavy (non-hydrogen) atoms. The third-order valence-corrected chi connectivity index (χ3v) is 4.08. The van der Waals surface area contributed by atoms with Gasteiger partial charge < -0.3 is 5.32 Å². The van der Waals surface area contributed by atoms with E-state index in [-0.39, 0.29) is 6.03 Å². The van der Waals surface area contributed by atoms with Crippen molar-refractivity contribution < 1.29 is 4.79 Å². The molecule has 0 bridgehead atoms. The molecule has 7 heteroatoms. The van der Waals surface area contributed by atoms with E-state index in [0.717, 1.165) is 10.6 Å². The second kappa shape index (κ2) is 7.21. The molecule has 0 aliphatic heterocycles. The standard InChI is InChI=1S/C16H13ClN4OS/c17-12-6-8-13(9-7-12)18-15(22)19-16-21-20-14(23-16)10-11-4-2-1-3-5-11/h1-9H,10H2,(H2,18,19,21,22). The summed E-state index contributed by atoms with van der Waals surface area (Å²) in [5, 5.41) is 15.4. The molecule has 0 aliphatic carbocycles. The first-order valence-corrected chi connectivity index (χ1v) is 8.08. The number of hydrogen-bond acceptors (Lipinski definition) is 4. The quantitative estimate of drug-likeness (QED) is 0.735. The Morgan fingerprint density at radius 3 is 2.48 bits per heavy atom. The normalized spacial score (nSPS) is 10.3. The van der Waals surface area contributed by atoms with Gasteiger partial charge in [0, 0.05) is 17.1 Å². The summed E-state index contributed by atoms with van der Waals surface area (Å²) in [6.07, 6.45) is 0.693. The van der Waals surface area contributed by atoms with Crippen LogP contribution in [-0.2, 0) is 6.42 Å². The third-order valence-electron chi connectivity index (χ3n) is 2.99. The van der Waals surface area contributed by atoms with E-state index in [1.54, 1.807) is 24.3 Å². The summed E-state index contributed by atoms with van der Waals surface area (Å²) >= 11 is 7.16. The number of nitrogens with zero attached hydrogens (tertiary/aromatic N) is 2. The highest BCUT2D eigenvalue weighted by Crippen LogP contribution is 2.19. The molecule has 2 aromatic carbocycles. The molecule has 116 valence electrons. The lowest BCUT2D eigenvalue weighted by Gasteiger charge is -2.04. The Kier molecular flexibility index (Phi) is 4.85. The van der Waals surface area contributed by atoms with E-state index in [4.69, 9.17) is 11.6 Å². The highest BCUT2D eigenvalue weighted by atomic mass is 35.5. The molecule has 5 nitrogen and oxygen atoms in total. The van der Waals surface area contributed by atoms with Gasteiger partial charge in [-0.15, -0.1) is 10.2 Å². The SMILES string of the molecule is O=C(Nc1ccc(Cl)cc1)Nc1nnc(Cc2ccccc2)s1. The van der Waals surface area contributed by atoms with Crippen LogP contribution in [0.15, 0.2) is 54.6 Å². The van der Waals surface area contributed by atoms with Gasteiger partial charge in [-0.2, -0.15) is 0 Å². The van der Waals surface area contributed by atoms with Gasteiger partial charge in [0.25, 0.3) is 0 Å². The number of aromatic nitrogens is 2. The first-order valence-electron chi connectivity index (χ1n) is 6.89. The molecule has 3 rings (SSSR count). The van der Waals surface area contributed by atoms with Crippen molar-refractivity contribution in [3.63, 3.8) is 0 Å². The molecule has 2 N–H and O–H groups in total. The molecule has 0 radical (unpaired) electrons. The van der Waals surface area contributed by atoms with Crippen LogP contribution in [0.4, 0.5) is 15.6 Å². The second-order valence-corrected chi connectivity index (χ2v) is 6.25. The highest BCUT2D eigenvalue weighted by molar-refractivity contribution is 7.15. The molecule has 0 saturated carbocycles. The number of rotatable bonds is 4. The number of anilines is 2. The average molecular weight is 345 g/mol. The first kappa shape index (κ1) is 15.5. The number of urea groups is 1. The Labute approximate surface area is 142 Å². The van der Waals surface area contributed by atoms with E-state index >= 15 is 0 Å². The summed E-state index contributed by atoms with van der Waals surface area (Å²) in [5.74, 6) is 0. The number of carbonyl (C=O) groups is 1. The molecule has 0 atom stereocenters. The molecule has 1 aromatic heterocycles. The molecule has 0 unspecified atom stereocenters. The fourth-order valence-corrected chi connectivity index (χ4v) is 2.83. The van der Waals surface area contributed by atoms with Gasteiger partial charge in [0.1, 0.15) is 5.01 Å². The zero-order valence-electron chi connectivity index (χ0n) is 12.0. The maximum Gasteiger partial charge on any atom is 0.325 e. The van der Waals surface area contributed by atoms with Crippen LogP contribution in [0.25, 0.3) is 0 Å². The smallest absolute Gasteiger partial charge is 0.308 e. The number of nitrogens with one attached hydrogen (secondary N) is 2. The monoisotopic (exact) mass is 344 g/mol. The van der Waals surface area contributed by atoms with Crippen molar-refractivity contribution >= 4 is 39.8 Å². The van der Waals surface area contributed by atoms with Crippen LogP contribution in [-0.4, -0.2) is 16.2 Å². The Balaban J connectivity index is 1.58. The molecule has 0 aliphatic rings. The van der Waals surface area contributed by atoms with Gasteiger partial charge in [-0.05, 0) is 29.8 Å². The van der Waals surface area contributed by atoms with Crippen LogP contribution >= 0.6 is 22.9 Å². The summed E-state index contributed by atoms with van der Waals surface area (Å²) in [7, 11) is 0. The fraction of sp³-hybridized carbons (Fsp3) is 0.0625. The summed E-state index contributed by atoms with van der Waals surface area (Å²) < 4.78 is 0. The minimum atomic E-state index is -0.366. The minimum absolute atomic E-state index is 0.366. The van der Waals surface area contributed by atoms with Crippen molar-refractivity contribution in [2.24, 2.45) is 0 Å². The molecular formula is C16H13ClN4OS. The van der Waals surface area contributed by atoms with Crippen LogP contribution in [0.2, 0.25) is 5.02 Å². The van der Waals surface area contributed by atoms with Gasteiger partial charge in [0.05, 0.1) is 0 Å². The van der Waals surface area contributed by atoms with Crippen molar-refractivity contribution in [1.82, 2.24) is 10.2 Å². The van der Waals surface area contributed by atoms with E-state index in [9.17, 15) is 4.79 Å². The van der Waals surface area contributed by atoms with Crippen LogP contribution in [0.5, 0.6) is 0 Å². The Hall–Kier alpha value is -2.44. The second-order valence-electron chi connectivity index (χ2n) is 4.75. The molecule has 3 aromatic rings. The molecular weight excluding hydrogens is 332 g/mol.